The van der Waals surface area contributed by atoms with E-state index in [0.717, 1.165) is 24.2 Å². The van der Waals surface area contributed by atoms with Crippen LogP contribution < -0.4 is 4.74 Å². The molecule has 1 fully saturated rings. The number of nitrogens with zero attached hydrogens (tertiary/aromatic N) is 1. The predicted molar refractivity (Wildman–Crippen MR) is 58.7 cm³/mol. The molecule has 15 heavy (non-hydrogen) atoms. The van der Waals surface area contributed by atoms with Gasteiger partial charge in [-0.05, 0) is 44.4 Å². The molecule has 2 heteroatoms. The first kappa shape index (κ1) is 10.0. The first-order valence-corrected chi connectivity index (χ1v) is 5.35. The van der Waals surface area contributed by atoms with Crippen LogP contribution in [0.3, 0.4) is 0 Å². The van der Waals surface area contributed by atoms with E-state index in [-0.39, 0.29) is 11.5 Å². The molecule has 2 nitrogen and oxygen atoms in total. The van der Waals surface area contributed by atoms with Crippen LogP contribution in [0.2, 0.25) is 0 Å². The third-order valence-electron chi connectivity index (χ3n) is 2.74. The third kappa shape index (κ3) is 1.97. The van der Waals surface area contributed by atoms with Crippen LogP contribution in [0.1, 0.15) is 32.3 Å². The van der Waals surface area contributed by atoms with E-state index in [4.69, 9.17) is 10.00 Å². The van der Waals surface area contributed by atoms with Gasteiger partial charge in [-0.15, -0.1) is 0 Å². The number of rotatable bonds is 3. The van der Waals surface area contributed by atoms with Crippen LogP contribution in [-0.4, -0.2) is 6.10 Å². The second kappa shape index (κ2) is 3.58. The molecule has 0 atom stereocenters. The Bertz CT molecular complexity index is 382. The SMILES string of the molecule is CC(C)Oc1ccc(C2(C#N)CC2)cc1. The Morgan fingerprint density at radius 3 is 2.27 bits per heavy atom. The maximum Gasteiger partial charge on any atom is 0.119 e. The molecule has 0 bridgehead atoms. The van der Waals surface area contributed by atoms with Crippen LogP contribution in [0.15, 0.2) is 24.3 Å². The number of nitriles is 1. The minimum atomic E-state index is -0.184. The van der Waals surface area contributed by atoms with Gasteiger partial charge in [-0.1, -0.05) is 12.1 Å². The van der Waals surface area contributed by atoms with Crippen LogP contribution in [0.4, 0.5) is 0 Å². The summed E-state index contributed by atoms with van der Waals surface area (Å²) >= 11 is 0. The molecule has 0 N–H and O–H groups in total. The fourth-order valence-corrected chi connectivity index (χ4v) is 1.71. The maximum absolute atomic E-state index is 9.04. The van der Waals surface area contributed by atoms with Crippen LogP contribution in [0.25, 0.3) is 0 Å². The molecule has 0 unspecified atom stereocenters. The van der Waals surface area contributed by atoms with E-state index < -0.39 is 0 Å². The van der Waals surface area contributed by atoms with Crippen LogP contribution >= 0.6 is 0 Å². The van der Waals surface area contributed by atoms with Gasteiger partial charge in [0.05, 0.1) is 17.6 Å². The normalized spacial score (nSPS) is 17.2. The van der Waals surface area contributed by atoms with Crippen molar-refractivity contribution < 1.29 is 4.74 Å². The molecule has 78 valence electrons. The lowest BCUT2D eigenvalue weighted by Crippen LogP contribution is -2.06. The Balaban J connectivity index is 2.15. The van der Waals surface area contributed by atoms with Crippen molar-refractivity contribution in [2.75, 3.05) is 0 Å². The molecule has 0 saturated heterocycles. The van der Waals surface area contributed by atoms with Gasteiger partial charge in [0.15, 0.2) is 0 Å². The molecule has 1 saturated carbocycles. The molecule has 0 radical (unpaired) electrons. The Morgan fingerprint density at radius 2 is 1.87 bits per heavy atom. The third-order valence-corrected chi connectivity index (χ3v) is 2.74. The monoisotopic (exact) mass is 201 g/mol. The minimum Gasteiger partial charge on any atom is -0.491 e. The van der Waals surface area contributed by atoms with Gasteiger partial charge in [-0.2, -0.15) is 5.26 Å². The summed E-state index contributed by atoms with van der Waals surface area (Å²) in [6.07, 6.45) is 2.18. The quantitative estimate of drug-likeness (QED) is 0.753. The van der Waals surface area contributed by atoms with Gasteiger partial charge < -0.3 is 4.74 Å². The van der Waals surface area contributed by atoms with E-state index in [1.165, 1.54) is 0 Å². The molecular formula is C13H15NO. The van der Waals surface area contributed by atoms with E-state index >= 15 is 0 Å². The minimum absolute atomic E-state index is 0.184. The number of hydrogen-bond acceptors (Lipinski definition) is 2. The Labute approximate surface area is 90.5 Å². The van der Waals surface area contributed by atoms with Crippen molar-refractivity contribution in [1.29, 1.82) is 5.26 Å². The summed E-state index contributed by atoms with van der Waals surface area (Å²) in [5, 5.41) is 9.04. The fourth-order valence-electron chi connectivity index (χ4n) is 1.71. The molecule has 0 heterocycles. The molecule has 2 rings (SSSR count). The smallest absolute Gasteiger partial charge is 0.119 e. The summed E-state index contributed by atoms with van der Waals surface area (Å²) < 4.78 is 5.55. The lowest BCUT2D eigenvalue weighted by Gasteiger charge is -2.11. The summed E-state index contributed by atoms with van der Waals surface area (Å²) in [4.78, 5) is 0. The Kier molecular flexibility index (Phi) is 2.40. The first-order valence-electron chi connectivity index (χ1n) is 5.35. The Morgan fingerprint density at radius 1 is 1.27 bits per heavy atom. The van der Waals surface area contributed by atoms with Gasteiger partial charge in [-0.3, -0.25) is 0 Å². The average molecular weight is 201 g/mol. The Hall–Kier alpha value is -1.49. The molecular weight excluding hydrogens is 186 g/mol. The van der Waals surface area contributed by atoms with Gasteiger partial charge in [0.1, 0.15) is 5.75 Å². The van der Waals surface area contributed by atoms with Crippen LogP contribution in [0.5, 0.6) is 5.75 Å². The lowest BCUT2D eigenvalue weighted by molar-refractivity contribution is 0.242. The first-order chi connectivity index (χ1) is 7.16. The molecule has 0 aromatic heterocycles. The molecule has 0 aliphatic heterocycles. The highest BCUT2D eigenvalue weighted by atomic mass is 16.5. The zero-order valence-electron chi connectivity index (χ0n) is 9.16. The highest BCUT2D eigenvalue weighted by Gasteiger charge is 2.44. The van der Waals surface area contributed by atoms with E-state index in [1.54, 1.807) is 0 Å². The van der Waals surface area contributed by atoms with Gasteiger partial charge in [0.25, 0.3) is 0 Å². The summed E-state index contributed by atoms with van der Waals surface area (Å²) in [7, 11) is 0. The van der Waals surface area contributed by atoms with Gasteiger partial charge in [-0.25, -0.2) is 0 Å². The number of benzene rings is 1. The molecule has 0 amide bonds. The second-order valence-corrected chi connectivity index (χ2v) is 4.38. The van der Waals surface area contributed by atoms with E-state index in [9.17, 15) is 0 Å². The topological polar surface area (TPSA) is 33.0 Å². The molecule has 1 aliphatic carbocycles. The molecule has 0 spiro atoms. The molecule has 1 aliphatic rings. The second-order valence-electron chi connectivity index (χ2n) is 4.38. The largest absolute Gasteiger partial charge is 0.491 e. The summed E-state index contributed by atoms with van der Waals surface area (Å²) in [5.74, 6) is 0.877. The highest BCUT2D eigenvalue weighted by molar-refractivity contribution is 5.41. The summed E-state index contributed by atoms with van der Waals surface area (Å²) in [6.45, 7) is 4.01. The van der Waals surface area contributed by atoms with Crippen molar-refractivity contribution >= 4 is 0 Å². The molecule has 1 aromatic carbocycles. The lowest BCUT2D eigenvalue weighted by atomic mass is 9.98. The van der Waals surface area contributed by atoms with E-state index in [1.807, 2.05) is 38.1 Å². The zero-order chi connectivity index (χ0) is 10.9. The zero-order valence-corrected chi connectivity index (χ0v) is 9.16. The van der Waals surface area contributed by atoms with Crippen LogP contribution in [-0.2, 0) is 5.41 Å². The average Bonchev–Trinajstić information content (AvgIpc) is 2.99. The van der Waals surface area contributed by atoms with Gasteiger partial charge >= 0.3 is 0 Å². The van der Waals surface area contributed by atoms with Crippen molar-refractivity contribution in [3.8, 4) is 11.8 Å². The van der Waals surface area contributed by atoms with Gasteiger partial charge in [0, 0.05) is 0 Å². The number of hydrogen-bond donors (Lipinski definition) is 0. The maximum atomic E-state index is 9.04. The highest BCUT2D eigenvalue weighted by Crippen LogP contribution is 2.47. The summed E-state index contributed by atoms with van der Waals surface area (Å²) in [6, 6.07) is 10.3. The number of ether oxygens (including phenoxy) is 1. The fraction of sp³-hybridized carbons (Fsp3) is 0.462. The van der Waals surface area contributed by atoms with Crippen LogP contribution in [0, 0.1) is 11.3 Å². The van der Waals surface area contributed by atoms with Crippen molar-refractivity contribution in [3.05, 3.63) is 29.8 Å². The standard InChI is InChI=1S/C13H15NO/c1-10(2)15-12-5-3-11(4-6-12)13(9-14)7-8-13/h3-6,10H,7-8H2,1-2H3. The van der Waals surface area contributed by atoms with Crippen molar-refractivity contribution in [1.82, 2.24) is 0 Å². The molecule has 1 aromatic rings. The van der Waals surface area contributed by atoms with Crippen molar-refractivity contribution in [2.24, 2.45) is 0 Å². The van der Waals surface area contributed by atoms with Crippen molar-refractivity contribution in [2.45, 2.75) is 38.2 Å². The summed E-state index contributed by atoms with van der Waals surface area (Å²) in [5.41, 5.74) is 0.942. The van der Waals surface area contributed by atoms with Gasteiger partial charge in [0.2, 0.25) is 0 Å². The van der Waals surface area contributed by atoms with Crippen molar-refractivity contribution in [3.63, 3.8) is 0 Å². The van der Waals surface area contributed by atoms with E-state index in [0.29, 0.717) is 0 Å². The predicted octanol–water partition coefficient (Wildman–Crippen LogP) is 3.03. The van der Waals surface area contributed by atoms with E-state index in [2.05, 4.69) is 6.07 Å².